The molecule has 9 heteroatoms. The Morgan fingerprint density at radius 2 is 2.00 bits per heavy atom. The quantitative estimate of drug-likeness (QED) is 0.752. The zero-order valence-corrected chi connectivity index (χ0v) is 11.0. The Hall–Kier alpha value is -3.10. The van der Waals surface area contributed by atoms with Crippen LogP contribution in [0.5, 0.6) is 11.5 Å². The number of carboxylic acid groups (broad SMARTS) is 1. The molecule has 0 spiro atoms. The van der Waals surface area contributed by atoms with Crippen LogP contribution >= 0.6 is 0 Å². The number of aromatic hydroxyl groups is 1. The van der Waals surface area contributed by atoms with Gasteiger partial charge in [0.25, 0.3) is 5.88 Å². The van der Waals surface area contributed by atoms with Crippen molar-refractivity contribution < 1.29 is 37.7 Å². The first-order chi connectivity index (χ1) is 10.3. The molecule has 1 aromatic heterocycles. The van der Waals surface area contributed by atoms with E-state index in [0.29, 0.717) is 0 Å². The lowest BCUT2D eigenvalue weighted by Crippen LogP contribution is -2.09. The number of nitrogens with one attached hydrogen (secondary N) is 1. The van der Waals surface area contributed by atoms with Crippen LogP contribution in [0.3, 0.4) is 0 Å². The minimum atomic E-state index is -1.58. The van der Waals surface area contributed by atoms with E-state index >= 15 is 0 Å². The standard InChI is InChI=1S/C13H9F2NO6/c1-5(17)21-11-9(18)10(22-12(11)16-13(19)20)7-4-6(14)2-3-8(7)15/h2-4,16,18H,1H3,(H,19,20). The fourth-order valence-corrected chi connectivity index (χ4v) is 1.68. The molecule has 0 aliphatic heterocycles. The van der Waals surface area contributed by atoms with Crippen molar-refractivity contribution >= 4 is 17.9 Å². The fraction of sp³-hybridized carbons (Fsp3) is 0.0769. The molecule has 7 nitrogen and oxygen atoms in total. The summed E-state index contributed by atoms with van der Waals surface area (Å²) in [5, 5.41) is 20.4. The van der Waals surface area contributed by atoms with Crippen LogP contribution in [0, 0.1) is 11.6 Å². The average Bonchev–Trinajstić information content (AvgIpc) is 2.69. The summed E-state index contributed by atoms with van der Waals surface area (Å²) in [6.45, 7) is 0.999. The van der Waals surface area contributed by atoms with Crippen molar-refractivity contribution in [2.24, 2.45) is 0 Å². The number of halogens is 2. The lowest BCUT2D eigenvalue weighted by molar-refractivity contribution is -0.132. The molecule has 0 atom stereocenters. The molecule has 1 aromatic carbocycles. The van der Waals surface area contributed by atoms with Crippen LogP contribution in [0.15, 0.2) is 22.6 Å². The number of amides is 1. The minimum Gasteiger partial charge on any atom is -0.502 e. The van der Waals surface area contributed by atoms with Gasteiger partial charge in [0.05, 0.1) is 5.56 Å². The van der Waals surface area contributed by atoms with Gasteiger partial charge in [0.2, 0.25) is 11.5 Å². The summed E-state index contributed by atoms with van der Waals surface area (Å²) in [7, 11) is 0. The molecule has 0 fully saturated rings. The average molecular weight is 313 g/mol. The van der Waals surface area contributed by atoms with Crippen LogP contribution in [0.2, 0.25) is 0 Å². The molecule has 0 aliphatic carbocycles. The minimum absolute atomic E-state index is 0.468. The zero-order valence-electron chi connectivity index (χ0n) is 11.0. The van der Waals surface area contributed by atoms with Crippen molar-refractivity contribution in [2.45, 2.75) is 6.92 Å². The summed E-state index contributed by atoms with van der Waals surface area (Å²) < 4.78 is 36.5. The molecular formula is C13H9F2NO6. The fourth-order valence-electron chi connectivity index (χ4n) is 1.68. The van der Waals surface area contributed by atoms with Crippen LogP contribution in [-0.4, -0.2) is 22.3 Å². The number of hydrogen-bond acceptors (Lipinski definition) is 5. The van der Waals surface area contributed by atoms with Crippen molar-refractivity contribution in [1.82, 2.24) is 0 Å². The maximum Gasteiger partial charge on any atom is 0.411 e. The van der Waals surface area contributed by atoms with E-state index in [0.717, 1.165) is 25.1 Å². The van der Waals surface area contributed by atoms with Gasteiger partial charge in [-0.15, -0.1) is 0 Å². The lowest BCUT2D eigenvalue weighted by Gasteiger charge is -2.01. The summed E-state index contributed by atoms with van der Waals surface area (Å²) in [6, 6.07) is 2.38. The van der Waals surface area contributed by atoms with E-state index in [-0.39, 0.29) is 0 Å². The van der Waals surface area contributed by atoms with Crippen molar-refractivity contribution in [2.75, 3.05) is 5.32 Å². The number of carbonyl (C=O) groups excluding carboxylic acids is 1. The van der Waals surface area contributed by atoms with E-state index in [1.54, 1.807) is 5.32 Å². The monoisotopic (exact) mass is 313 g/mol. The lowest BCUT2D eigenvalue weighted by atomic mass is 10.1. The number of carbonyl (C=O) groups is 2. The summed E-state index contributed by atoms with van der Waals surface area (Å²) in [5.74, 6) is -5.33. The Labute approximate surface area is 121 Å². The van der Waals surface area contributed by atoms with Gasteiger partial charge in [0.15, 0.2) is 5.76 Å². The van der Waals surface area contributed by atoms with Crippen LogP contribution in [-0.2, 0) is 4.79 Å². The van der Waals surface area contributed by atoms with E-state index in [1.165, 1.54) is 0 Å². The van der Waals surface area contributed by atoms with Crippen molar-refractivity contribution in [3.63, 3.8) is 0 Å². The first-order valence-electron chi connectivity index (χ1n) is 5.79. The molecule has 0 radical (unpaired) electrons. The Kier molecular flexibility index (Phi) is 3.97. The molecule has 3 N–H and O–H groups in total. The SMILES string of the molecule is CC(=O)Oc1c(NC(=O)O)oc(-c2cc(F)ccc2F)c1O. The van der Waals surface area contributed by atoms with Crippen LogP contribution in [0.1, 0.15) is 6.92 Å². The Morgan fingerprint density at radius 1 is 1.32 bits per heavy atom. The van der Waals surface area contributed by atoms with Gasteiger partial charge in [-0.3, -0.25) is 10.1 Å². The van der Waals surface area contributed by atoms with E-state index < -0.39 is 52.4 Å². The topological polar surface area (TPSA) is 109 Å². The molecule has 2 aromatic rings. The Bertz CT molecular complexity index is 755. The van der Waals surface area contributed by atoms with E-state index in [2.05, 4.69) is 4.74 Å². The van der Waals surface area contributed by atoms with Crippen molar-refractivity contribution in [3.8, 4) is 22.8 Å². The number of rotatable bonds is 3. The van der Waals surface area contributed by atoms with Gasteiger partial charge in [0.1, 0.15) is 11.6 Å². The summed E-state index contributed by atoms with van der Waals surface area (Å²) in [6.07, 6.45) is -1.58. The third-order valence-corrected chi connectivity index (χ3v) is 2.48. The number of benzene rings is 1. The highest BCUT2D eigenvalue weighted by Crippen LogP contribution is 2.46. The molecule has 0 saturated carbocycles. The second-order valence-corrected chi connectivity index (χ2v) is 4.09. The zero-order chi connectivity index (χ0) is 16.4. The number of esters is 1. The summed E-state index contributed by atoms with van der Waals surface area (Å²) in [4.78, 5) is 21.6. The highest BCUT2D eigenvalue weighted by Gasteiger charge is 2.27. The van der Waals surface area contributed by atoms with Gasteiger partial charge < -0.3 is 19.4 Å². The molecule has 1 amide bonds. The predicted molar refractivity (Wildman–Crippen MR) is 68.7 cm³/mol. The second-order valence-electron chi connectivity index (χ2n) is 4.09. The number of hydrogen-bond donors (Lipinski definition) is 3. The van der Waals surface area contributed by atoms with Gasteiger partial charge in [-0.05, 0) is 18.2 Å². The molecule has 0 bridgehead atoms. The smallest absolute Gasteiger partial charge is 0.411 e. The number of anilines is 1. The van der Waals surface area contributed by atoms with Crippen LogP contribution in [0.25, 0.3) is 11.3 Å². The molecule has 2 rings (SSSR count). The second kappa shape index (κ2) is 5.72. The molecule has 0 aliphatic rings. The molecular weight excluding hydrogens is 304 g/mol. The predicted octanol–water partition coefficient (Wildman–Crippen LogP) is 2.95. The summed E-state index contributed by atoms with van der Waals surface area (Å²) >= 11 is 0. The first kappa shape index (κ1) is 15.3. The normalized spacial score (nSPS) is 10.3. The third kappa shape index (κ3) is 2.97. The Morgan fingerprint density at radius 3 is 2.59 bits per heavy atom. The molecule has 1 heterocycles. The first-order valence-corrected chi connectivity index (χ1v) is 5.79. The van der Waals surface area contributed by atoms with Crippen LogP contribution in [0.4, 0.5) is 19.5 Å². The van der Waals surface area contributed by atoms with E-state index in [9.17, 15) is 23.5 Å². The maximum atomic E-state index is 13.7. The van der Waals surface area contributed by atoms with Gasteiger partial charge in [0, 0.05) is 6.92 Å². The van der Waals surface area contributed by atoms with E-state index in [4.69, 9.17) is 9.52 Å². The van der Waals surface area contributed by atoms with Crippen molar-refractivity contribution in [3.05, 3.63) is 29.8 Å². The maximum absolute atomic E-state index is 13.7. The highest BCUT2D eigenvalue weighted by molar-refractivity contribution is 5.88. The number of furan rings is 1. The number of ether oxygens (including phenoxy) is 1. The summed E-state index contributed by atoms with van der Waals surface area (Å²) in [5.41, 5.74) is -0.468. The molecule has 116 valence electrons. The van der Waals surface area contributed by atoms with Gasteiger partial charge in [-0.25, -0.2) is 13.6 Å². The third-order valence-electron chi connectivity index (χ3n) is 2.48. The van der Waals surface area contributed by atoms with Gasteiger partial charge >= 0.3 is 12.1 Å². The molecule has 22 heavy (non-hydrogen) atoms. The van der Waals surface area contributed by atoms with Gasteiger partial charge in [-0.1, -0.05) is 0 Å². The molecule has 0 unspecified atom stereocenters. The highest BCUT2D eigenvalue weighted by atomic mass is 19.1. The molecule has 0 saturated heterocycles. The Balaban J connectivity index is 2.61. The van der Waals surface area contributed by atoms with Crippen molar-refractivity contribution in [1.29, 1.82) is 0 Å². The van der Waals surface area contributed by atoms with Crippen LogP contribution < -0.4 is 10.1 Å². The van der Waals surface area contributed by atoms with Gasteiger partial charge in [-0.2, -0.15) is 0 Å². The largest absolute Gasteiger partial charge is 0.502 e. The van der Waals surface area contributed by atoms with E-state index in [1.807, 2.05) is 0 Å².